The van der Waals surface area contributed by atoms with E-state index in [-0.39, 0.29) is 36.3 Å². The molecular weight excluding hydrogens is 444 g/mol. The van der Waals surface area contributed by atoms with Crippen LogP contribution in [0.15, 0.2) is 42.7 Å². The Morgan fingerprint density at radius 1 is 1.31 bits per heavy atom. The van der Waals surface area contributed by atoms with Crippen molar-refractivity contribution in [2.24, 2.45) is 5.92 Å². The number of pyridine rings is 2. The van der Waals surface area contributed by atoms with Crippen LogP contribution in [0.2, 0.25) is 0 Å². The van der Waals surface area contributed by atoms with Crippen LogP contribution in [0.5, 0.6) is 5.88 Å². The Morgan fingerprint density at radius 2 is 2.14 bits per heavy atom. The minimum absolute atomic E-state index is 0.109. The number of allylic oxidation sites excluding steroid dienone is 2. The smallest absolute Gasteiger partial charge is 0.272 e. The van der Waals surface area contributed by atoms with Crippen LogP contribution in [0.25, 0.3) is 5.57 Å². The van der Waals surface area contributed by atoms with E-state index in [9.17, 15) is 14.7 Å². The molecule has 3 heterocycles. The van der Waals surface area contributed by atoms with Crippen molar-refractivity contribution >= 4 is 17.4 Å². The Hall–Kier alpha value is -3.26. The van der Waals surface area contributed by atoms with Crippen molar-refractivity contribution in [2.75, 3.05) is 26.7 Å². The fourth-order valence-corrected chi connectivity index (χ4v) is 4.63. The first-order valence-electron chi connectivity index (χ1n) is 12.3. The predicted octanol–water partition coefficient (Wildman–Crippen LogP) is 3.43. The number of hydrogen-bond acceptors (Lipinski definition) is 6. The zero-order valence-electron chi connectivity index (χ0n) is 20.7. The van der Waals surface area contributed by atoms with Gasteiger partial charge in [-0.15, -0.1) is 0 Å². The Balaban J connectivity index is 1.66. The molecule has 186 valence electrons. The molecule has 0 bridgehead atoms. The largest absolute Gasteiger partial charge is 0.472 e. The highest BCUT2D eigenvalue weighted by atomic mass is 16.5. The summed E-state index contributed by atoms with van der Waals surface area (Å²) in [5, 5.41) is 9.86. The van der Waals surface area contributed by atoms with Crippen molar-refractivity contribution in [3.05, 3.63) is 59.6 Å². The van der Waals surface area contributed by atoms with Crippen LogP contribution in [0.3, 0.4) is 0 Å². The zero-order valence-corrected chi connectivity index (χ0v) is 20.7. The summed E-state index contributed by atoms with van der Waals surface area (Å²) in [6, 6.07) is 6.74. The summed E-state index contributed by atoms with van der Waals surface area (Å²) in [6.45, 7) is 4.37. The van der Waals surface area contributed by atoms with Gasteiger partial charge in [-0.05, 0) is 61.9 Å². The maximum absolute atomic E-state index is 13.6. The van der Waals surface area contributed by atoms with Gasteiger partial charge in [0, 0.05) is 31.9 Å². The summed E-state index contributed by atoms with van der Waals surface area (Å²) < 4.78 is 6.33. The second kappa shape index (κ2) is 11.0. The van der Waals surface area contributed by atoms with Crippen LogP contribution >= 0.6 is 0 Å². The maximum atomic E-state index is 13.6. The number of rotatable bonds is 6. The number of likely N-dealkylation sites (N-methyl/N-ethyl adjacent to an activating group) is 1. The van der Waals surface area contributed by atoms with E-state index < -0.39 is 6.10 Å². The molecule has 0 aromatic carbocycles. The van der Waals surface area contributed by atoms with Crippen LogP contribution in [0.1, 0.15) is 65.9 Å². The fourth-order valence-electron chi connectivity index (χ4n) is 4.63. The van der Waals surface area contributed by atoms with Crippen molar-refractivity contribution in [3.8, 4) is 5.88 Å². The van der Waals surface area contributed by atoms with Gasteiger partial charge in [0.2, 0.25) is 5.88 Å². The molecule has 8 heteroatoms. The molecule has 8 nitrogen and oxygen atoms in total. The van der Waals surface area contributed by atoms with Gasteiger partial charge in [0.05, 0.1) is 19.2 Å². The van der Waals surface area contributed by atoms with E-state index >= 15 is 0 Å². The number of amides is 2. The third-order valence-electron chi connectivity index (χ3n) is 6.87. The average Bonchev–Trinajstić information content (AvgIpc) is 2.90. The number of hydrogen-bond donors (Lipinski definition) is 1. The second-order valence-corrected chi connectivity index (χ2v) is 9.58. The monoisotopic (exact) mass is 478 g/mol. The summed E-state index contributed by atoms with van der Waals surface area (Å²) in [6.07, 6.45) is 9.48. The van der Waals surface area contributed by atoms with Gasteiger partial charge in [-0.2, -0.15) is 0 Å². The number of nitrogens with zero attached hydrogens (tertiary/aromatic N) is 4. The molecule has 0 spiro atoms. The lowest BCUT2D eigenvalue weighted by Crippen LogP contribution is -2.50. The highest BCUT2D eigenvalue weighted by Crippen LogP contribution is 2.32. The van der Waals surface area contributed by atoms with E-state index in [1.807, 2.05) is 19.9 Å². The van der Waals surface area contributed by atoms with Crippen LogP contribution in [-0.4, -0.2) is 75.6 Å². The van der Waals surface area contributed by atoms with Crippen LogP contribution in [0.4, 0.5) is 0 Å². The van der Waals surface area contributed by atoms with Gasteiger partial charge in [-0.3, -0.25) is 14.6 Å². The number of aliphatic hydroxyl groups excluding tert-OH is 1. The van der Waals surface area contributed by atoms with Gasteiger partial charge in [0.15, 0.2) is 0 Å². The molecule has 2 aliphatic rings. The second-order valence-electron chi connectivity index (χ2n) is 9.58. The first-order chi connectivity index (χ1) is 16.9. The minimum Gasteiger partial charge on any atom is -0.472 e. The van der Waals surface area contributed by atoms with Gasteiger partial charge >= 0.3 is 0 Å². The normalized spacial score (nSPS) is 21.2. The minimum atomic E-state index is -0.403. The van der Waals surface area contributed by atoms with E-state index in [2.05, 4.69) is 16.0 Å². The van der Waals surface area contributed by atoms with Crippen LogP contribution in [0, 0.1) is 5.92 Å². The molecule has 1 aliphatic heterocycles. The van der Waals surface area contributed by atoms with E-state index in [1.54, 1.807) is 47.4 Å². The van der Waals surface area contributed by atoms with E-state index in [4.69, 9.17) is 4.74 Å². The Kier molecular flexibility index (Phi) is 7.80. The topological polar surface area (TPSA) is 95.9 Å². The zero-order chi connectivity index (χ0) is 24.9. The summed E-state index contributed by atoms with van der Waals surface area (Å²) in [7, 11) is 1.72. The predicted molar refractivity (Wildman–Crippen MR) is 133 cm³/mol. The summed E-state index contributed by atoms with van der Waals surface area (Å²) in [4.78, 5) is 38.5. The number of aromatic nitrogens is 2. The van der Waals surface area contributed by atoms with E-state index in [0.717, 1.165) is 24.8 Å². The molecule has 0 fully saturated rings. The van der Waals surface area contributed by atoms with Gasteiger partial charge < -0.3 is 19.6 Å². The van der Waals surface area contributed by atoms with Gasteiger partial charge in [0.1, 0.15) is 17.4 Å². The highest BCUT2D eigenvalue weighted by Gasteiger charge is 2.35. The standard InChI is InChI=1S/C27H34N4O4/c1-18-15-31(19(2)17-32)26(33)22-13-21(20-9-5-4-6-10-20)14-29-25(22)35-24(18)16-30(3)27(34)23-11-7-8-12-28-23/h7-9,11-14,18-19,24,32H,4-6,10,15-17H2,1-3H3/t18-,19-,24-/m1/s1. The Morgan fingerprint density at radius 3 is 2.83 bits per heavy atom. The molecule has 2 aromatic rings. The van der Waals surface area contributed by atoms with Gasteiger partial charge in [-0.1, -0.05) is 19.1 Å². The molecule has 0 saturated heterocycles. The lowest BCUT2D eigenvalue weighted by Gasteiger charge is -2.37. The molecule has 1 N–H and O–H groups in total. The van der Waals surface area contributed by atoms with Crippen molar-refractivity contribution in [1.29, 1.82) is 0 Å². The Labute approximate surface area is 206 Å². The molecule has 3 atom stereocenters. The third kappa shape index (κ3) is 5.53. The lowest BCUT2D eigenvalue weighted by molar-refractivity contribution is 0.0312. The summed E-state index contributed by atoms with van der Waals surface area (Å²) >= 11 is 0. The molecule has 1 aliphatic carbocycles. The lowest BCUT2D eigenvalue weighted by atomic mass is 9.93. The SMILES string of the molecule is C[C@@H]1CN([C@H](C)CO)C(=O)c2cc(C3=CCCCC3)cnc2O[C@@H]1CN(C)C(=O)c1ccccn1. The first-order valence-corrected chi connectivity index (χ1v) is 12.3. The molecular formula is C27H34N4O4. The van der Waals surface area contributed by atoms with Crippen molar-refractivity contribution in [3.63, 3.8) is 0 Å². The number of ether oxygens (including phenoxy) is 1. The molecule has 0 saturated carbocycles. The maximum Gasteiger partial charge on any atom is 0.272 e. The number of carbonyl (C=O) groups is 2. The van der Waals surface area contributed by atoms with Crippen molar-refractivity contribution in [1.82, 2.24) is 19.8 Å². The summed E-state index contributed by atoms with van der Waals surface area (Å²) in [5.74, 6) is -0.244. The average molecular weight is 479 g/mol. The van der Waals surface area contributed by atoms with Gasteiger partial charge in [0.25, 0.3) is 11.8 Å². The highest BCUT2D eigenvalue weighted by molar-refractivity contribution is 5.97. The van der Waals surface area contributed by atoms with Crippen LogP contribution < -0.4 is 4.74 Å². The number of fused-ring (bicyclic) bond motifs is 1. The third-order valence-corrected chi connectivity index (χ3v) is 6.87. The van der Waals surface area contributed by atoms with Crippen molar-refractivity contribution < 1.29 is 19.4 Å². The van der Waals surface area contributed by atoms with Crippen LogP contribution in [-0.2, 0) is 0 Å². The van der Waals surface area contributed by atoms with Crippen molar-refractivity contribution in [2.45, 2.75) is 51.7 Å². The van der Waals surface area contributed by atoms with E-state index in [1.165, 1.54) is 12.0 Å². The molecule has 4 rings (SSSR count). The number of aliphatic hydroxyl groups is 1. The fraction of sp³-hybridized carbons (Fsp3) is 0.481. The molecule has 0 unspecified atom stereocenters. The van der Waals surface area contributed by atoms with Gasteiger partial charge in [-0.25, -0.2) is 4.98 Å². The number of carbonyl (C=O) groups excluding carboxylic acids is 2. The first kappa shape index (κ1) is 24.9. The molecule has 2 amide bonds. The Bertz CT molecular complexity index is 1090. The quantitative estimate of drug-likeness (QED) is 0.684. The van der Waals surface area contributed by atoms with E-state index in [0.29, 0.717) is 24.3 Å². The molecule has 0 radical (unpaired) electrons. The molecule has 35 heavy (non-hydrogen) atoms. The summed E-state index contributed by atoms with van der Waals surface area (Å²) in [5.41, 5.74) is 2.89. The molecule has 2 aromatic heterocycles.